The van der Waals surface area contributed by atoms with E-state index in [1.807, 2.05) is 6.92 Å². The fourth-order valence-corrected chi connectivity index (χ4v) is 7.19. The van der Waals surface area contributed by atoms with Crippen LogP contribution in [-0.2, 0) is 19.0 Å². The molecule has 2 atom stereocenters. The molecule has 1 fully saturated rings. The Labute approximate surface area is 231 Å². The van der Waals surface area contributed by atoms with Gasteiger partial charge >= 0.3 is 8.60 Å². The minimum atomic E-state index is -1.68. The van der Waals surface area contributed by atoms with E-state index in [9.17, 15) is 5.21 Å². The maximum atomic E-state index is 10.8. The molecule has 3 aliphatic rings. The first kappa shape index (κ1) is 29.5. The van der Waals surface area contributed by atoms with E-state index in [2.05, 4.69) is 107 Å². The van der Waals surface area contributed by atoms with Crippen LogP contribution in [0.2, 0.25) is 0 Å². The summed E-state index contributed by atoms with van der Waals surface area (Å²) < 4.78 is 19.9. The molecular weight excluding hydrogens is 493 g/mol. The SMILES string of the molecule is CC1=CC(C(C)(C)C)=C/C2=c3\ccc(C(C)(C)C)cc3=C(C)OP(OC3CC(C)(C)N(O)C(C)(C)C3)OC12. The summed E-state index contributed by atoms with van der Waals surface area (Å²) in [6.45, 7) is 25.9. The Bertz CT molecular complexity index is 1260. The van der Waals surface area contributed by atoms with Gasteiger partial charge in [-0.1, -0.05) is 65.8 Å². The third kappa shape index (κ3) is 5.83. The number of allylic oxidation sites excluding steroid dienone is 2. The molecule has 38 heavy (non-hydrogen) atoms. The highest BCUT2D eigenvalue weighted by atomic mass is 31.2. The zero-order valence-corrected chi connectivity index (χ0v) is 26.4. The first-order valence-electron chi connectivity index (χ1n) is 13.9. The van der Waals surface area contributed by atoms with Crippen molar-refractivity contribution >= 4 is 19.9 Å². The Balaban J connectivity index is 1.84. The molecule has 0 bridgehead atoms. The minimum absolute atomic E-state index is 0.0129. The first-order valence-corrected chi connectivity index (χ1v) is 15.0. The second-order valence-electron chi connectivity index (χ2n) is 14.6. The fourth-order valence-electron chi connectivity index (χ4n) is 5.89. The standard InChI is InChI=1S/C32H48NO4P/c1-20-15-23(30(6,7)8)17-27-25-14-13-22(29(3,4)5)16-26(25)21(2)35-38(37-28(20)27)36-24-18-31(9,10)33(34)32(11,12)19-24/h13-17,24,28,34H,18-19H2,1-12H3/b26-21?,27-25-. The largest absolute Gasteiger partial charge is 0.431 e. The van der Waals surface area contributed by atoms with Crippen molar-refractivity contribution in [3.05, 3.63) is 57.5 Å². The van der Waals surface area contributed by atoms with Crippen molar-refractivity contribution in [3.63, 3.8) is 0 Å². The molecule has 0 aromatic heterocycles. The maximum Gasteiger partial charge on any atom is 0.398 e. The summed E-state index contributed by atoms with van der Waals surface area (Å²) in [5.74, 6) is 0.819. The Morgan fingerprint density at radius 3 is 2.08 bits per heavy atom. The van der Waals surface area contributed by atoms with Crippen molar-refractivity contribution in [2.75, 3.05) is 0 Å². The van der Waals surface area contributed by atoms with Gasteiger partial charge in [0.15, 0.2) is 0 Å². The van der Waals surface area contributed by atoms with Crippen molar-refractivity contribution < 1.29 is 18.8 Å². The van der Waals surface area contributed by atoms with E-state index < -0.39 is 19.7 Å². The Morgan fingerprint density at radius 2 is 1.53 bits per heavy atom. The topological polar surface area (TPSA) is 51.2 Å². The number of hydrogen-bond acceptors (Lipinski definition) is 5. The lowest BCUT2D eigenvalue weighted by Gasteiger charge is -2.51. The molecule has 1 aliphatic carbocycles. The van der Waals surface area contributed by atoms with Crippen LogP contribution in [0, 0.1) is 5.41 Å². The smallest absolute Gasteiger partial charge is 0.398 e. The molecule has 210 valence electrons. The molecule has 2 aliphatic heterocycles. The molecule has 1 N–H and O–H groups in total. The predicted octanol–water partition coefficient (Wildman–Crippen LogP) is 7.27. The van der Waals surface area contributed by atoms with Gasteiger partial charge in [0.25, 0.3) is 0 Å². The van der Waals surface area contributed by atoms with Gasteiger partial charge in [-0.05, 0) is 98.8 Å². The van der Waals surface area contributed by atoms with Crippen LogP contribution in [0.15, 0.2) is 41.5 Å². The Kier molecular flexibility index (Phi) is 7.65. The Hall–Kier alpha value is -1.49. The lowest BCUT2D eigenvalue weighted by molar-refractivity contribution is -0.255. The van der Waals surface area contributed by atoms with Gasteiger partial charge in [0.2, 0.25) is 0 Å². The normalized spacial score (nSPS) is 27.9. The number of nitrogens with zero attached hydrogens (tertiary/aromatic N) is 1. The van der Waals surface area contributed by atoms with Crippen LogP contribution in [0.5, 0.6) is 0 Å². The third-order valence-electron chi connectivity index (χ3n) is 8.07. The van der Waals surface area contributed by atoms with Crippen molar-refractivity contribution in [2.45, 2.75) is 125 Å². The molecule has 0 spiro atoms. The molecular formula is C32H48NO4P. The van der Waals surface area contributed by atoms with Crippen LogP contribution < -0.4 is 10.4 Å². The summed E-state index contributed by atoms with van der Waals surface area (Å²) >= 11 is 0. The quantitative estimate of drug-likeness (QED) is 0.399. The van der Waals surface area contributed by atoms with Gasteiger partial charge in [0.1, 0.15) is 11.9 Å². The lowest BCUT2D eigenvalue weighted by Crippen LogP contribution is -2.60. The van der Waals surface area contributed by atoms with E-state index in [1.165, 1.54) is 16.2 Å². The minimum Gasteiger partial charge on any atom is -0.431 e. The first-order chi connectivity index (χ1) is 17.3. The molecule has 0 radical (unpaired) electrons. The molecule has 5 nitrogen and oxygen atoms in total. The number of rotatable bonds is 2. The highest BCUT2D eigenvalue weighted by molar-refractivity contribution is 7.42. The number of fused-ring (bicyclic) bond motifs is 2. The summed E-state index contributed by atoms with van der Waals surface area (Å²) in [5, 5.41) is 14.5. The summed E-state index contributed by atoms with van der Waals surface area (Å²) in [6, 6.07) is 6.75. The van der Waals surface area contributed by atoms with Crippen LogP contribution in [0.3, 0.4) is 0 Å². The summed E-state index contributed by atoms with van der Waals surface area (Å²) in [4.78, 5) is 0. The zero-order chi connectivity index (χ0) is 28.4. The zero-order valence-electron chi connectivity index (χ0n) is 25.5. The van der Waals surface area contributed by atoms with Gasteiger partial charge in [0, 0.05) is 16.3 Å². The Morgan fingerprint density at radius 1 is 0.921 bits per heavy atom. The van der Waals surface area contributed by atoms with Gasteiger partial charge in [-0.25, -0.2) is 0 Å². The van der Waals surface area contributed by atoms with Crippen LogP contribution in [0.1, 0.15) is 101 Å². The van der Waals surface area contributed by atoms with Crippen LogP contribution in [0.25, 0.3) is 11.3 Å². The molecule has 0 saturated carbocycles. The van der Waals surface area contributed by atoms with E-state index in [1.54, 1.807) is 0 Å². The van der Waals surface area contributed by atoms with Crippen molar-refractivity contribution in [3.8, 4) is 0 Å². The molecule has 0 amide bonds. The molecule has 1 saturated heterocycles. The third-order valence-corrected chi connectivity index (χ3v) is 9.35. The molecule has 1 aromatic rings. The number of piperidine rings is 1. The number of hydroxylamine groups is 2. The molecule has 2 heterocycles. The van der Waals surface area contributed by atoms with Crippen LogP contribution >= 0.6 is 8.60 Å². The van der Waals surface area contributed by atoms with Crippen molar-refractivity contribution in [2.24, 2.45) is 5.41 Å². The average molecular weight is 542 g/mol. The van der Waals surface area contributed by atoms with Gasteiger partial charge in [-0.15, -0.1) is 0 Å². The second-order valence-corrected chi connectivity index (χ2v) is 15.7. The summed E-state index contributed by atoms with van der Waals surface area (Å²) in [6.07, 6.45) is 5.60. The van der Waals surface area contributed by atoms with Gasteiger partial charge in [0.05, 0.1) is 6.10 Å². The predicted molar refractivity (Wildman–Crippen MR) is 157 cm³/mol. The fraction of sp³-hybridized carbons (Fsp3) is 0.625. The average Bonchev–Trinajstić information content (AvgIpc) is 2.75. The molecule has 2 unspecified atom stereocenters. The van der Waals surface area contributed by atoms with Gasteiger partial charge in [-0.3, -0.25) is 9.05 Å². The maximum absolute atomic E-state index is 10.8. The van der Waals surface area contributed by atoms with Crippen molar-refractivity contribution in [1.29, 1.82) is 0 Å². The van der Waals surface area contributed by atoms with E-state index in [0.717, 1.165) is 27.3 Å². The molecule has 4 rings (SSSR count). The second kappa shape index (κ2) is 9.85. The van der Waals surface area contributed by atoms with Crippen LogP contribution in [-0.4, -0.2) is 33.6 Å². The molecule has 6 heteroatoms. The monoisotopic (exact) mass is 541 g/mol. The summed E-state index contributed by atoms with van der Waals surface area (Å²) in [7, 11) is -1.68. The summed E-state index contributed by atoms with van der Waals surface area (Å²) in [5.41, 5.74) is 4.07. The van der Waals surface area contributed by atoms with E-state index in [4.69, 9.17) is 13.6 Å². The van der Waals surface area contributed by atoms with E-state index in [0.29, 0.717) is 12.8 Å². The van der Waals surface area contributed by atoms with E-state index >= 15 is 0 Å². The highest BCUT2D eigenvalue weighted by Gasteiger charge is 2.47. The van der Waals surface area contributed by atoms with Gasteiger partial charge < -0.3 is 9.73 Å². The van der Waals surface area contributed by atoms with E-state index in [-0.39, 0.29) is 23.0 Å². The molecule has 1 aromatic carbocycles. The highest BCUT2D eigenvalue weighted by Crippen LogP contribution is 2.52. The lowest BCUT2D eigenvalue weighted by atomic mass is 9.79. The van der Waals surface area contributed by atoms with Crippen LogP contribution in [0.4, 0.5) is 0 Å². The van der Waals surface area contributed by atoms with Crippen molar-refractivity contribution in [1.82, 2.24) is 5.06 Å². The number of benzene rings is 1. The number of hydrogen-bond donors (Lipinski definition) is 1. The van der Waals surface area contributed by atoms with Gasteiger partial charge in [-0.2, -0.15) is 5.06 Å².